The monoisotopic (exact) mass is 686 g/mol. The van der Waals surface area contributed by atoms with Gasteiger partial charge in [0, 0.05) is 38.4 Å². The highest BCUT2D eigenvalue weighted by Crippen LogP contribution is 2.59. The Labute approximate surface area is 263 Å². The number of fused-ring (bicyclic) bond motifs is 1. The fraction of sp³-hybridized carbons (Fsp3) is 0.588. The molecule has 42 heavy (non-hydrogen) atoms. The average molecular weight is 687 g/mol. The number of piperidine rings is 1. The Morgan fingerprint density at radius 2 is 1.74 bits per heavy atom. The Balaban J connectivity index is 1.43. The molecule has 0 spiro atoms. The van der Waals surface area contributed by atoms with E-state index in [0.717, 1.165) is 46.7 Å². The van der Waals surface area contributed by atoms with Gasteiger partial charge in [-0.3, -0.25) is 9.69 Å². The summed E-state index contributed by atoms with van der Waals surface area (Å²) in [4.78, 5) is 30.7. The van der Waals surface area contributed by atoms with E-state index >= 15 is 0 Å². The molecule has 0 aromatic heterocycles. The number of likely N-dealkylation sites (tertiary alicyclic amines) is 2. The van der Waals surface area contributed by atoms with Crippen LogP contribution in [0.2, 0.25) is 0 Å². The standard InChI is InChI=1S/C34H43IN2O5/c1-23(38)41-34-14-17-36(31(39)42-32(2,3)4)15-12-33(34)13-16-37(21-24-10-11-24)30(34)19-26-18-28(35)29(20-27(26)33)40-22-25-8-6-5-7-9-25/h5-9,18,20,24,30H,10-17,19,21-22H2,1-4H3/t30-,33+,34-/m1/s1. The van der Waals surface area contributed by atoms with Crippen molar-refractivity contribution >= 4 is 34.7 Å². The number of amides is 1. The van der Waals surface area contributed by atoms with Gasteiger partial charge >= 0.3 is 12.1 Å². The molecule has 2 saturated heterocycles. The van der Waals surface area contributed by atoms with Crippen molar-refractivity contribution in [2.24, 2.45) is 5.92 Å². The van der Waals surface area contributed by atoms with Crippen molar-refractivity contribution in [3.8, 4) is 5.75 Å². The number of carbonyl (C=O) groups is 2. The van der Waals surface area contributed by atoms with Crippen LogP contribution in [-0.4, -0.2) is 65.3 Å². The highest BCUT2D eigenvalue weighted by Gasteiger charge is 2.66. The van der Waals surface area contributed by atoms with Crippen molar-refractivity contribution in [3.05, 3.63) is 62.7 Å². The Bertz CT molecular complexity index is 1340. The van der Waals surface area contributed by atoms with Crippen LogP contribution >= 0.6 is 22.6 Å². The number of halogens is 1. The lowest BCUT2D eigenvalue weighted by Gasteiger charge is -2.62. The molecule has 7 nitrogen and oxygen atoms in total. The Morgan fingerprint density at radius 3 is 2.43 bits per heavy atom. The molecule has 8 heteroatoms. The summed E-state index contributed by atoms with van der Waals surface area (Å²) in [6, 6.07) is 14.8. The molecule has 3 atom stereocenters. The van der Waals surface area contributed by atoms with Gasteiger partial charge in [-0.2, -0.15) is 0 Å². The molecule has 0 radical (unpaired) electrons. The van der Waals surface area contributed by atoms with Gasteiger partial charge in [0.2, 0.25) is 0 Å². The number of esters is 1. The minimum atomic E-state index is -0.737. The van der Waals surface area contributed by atoms with Crippen LogP contribution < -0.4 is 4.74 Å². The number of benzene rings is 2. The van der Waals surface area contributed by atoms with Crippen molar-refractivity contribution in [2.75, 3.05) is 26.2 Å². The summed E-state index contributed by atoms with van der Waals surface area (Å²) in [6.07, 6.45) is 5.24. The number of rotatable bonds is 6. The third kappa shape index (κ3) is 5.65. The molecular formula is C34H43IN2O5. The minimum Gasteiger partial charge on any atom is -0.488 e. The number of hydrogen-bond acceptors (Lipinski definition) is 6. The van der Waals surface area contributed by atoms with E-state index < -0.39 is 16.6 Å². The molecule has 0 N–H and O–H groups in total. The highest BCUT2D eigenvalue weighted by atomic mass is 127. The topological polar surface area (TPSA) is 68.3 Å². The summed E-state index contributed by atoms with van der Waals surface area (Å²) >= 11 is 2.40. The van der Waals surface area contributed by atoms with Crippen LogP contribution in [0.4, 0.5) is 4.79 Å². The largest absolute Gasteiger partial charge is 0.488 e. The molecule has 2 aliphatic heterocycles. The maximum Gasteiger partial charge on any atom is 0.410 e. The molecular weight excluding hydrogens is 643 g/mol. The zero-order chi connectivity index (χ0) is 29.7. The van der Waals surface area contributed by atoms with Crippen LogP contribution in [0.3, 0.4) is 0 Å². The lowest BCUT2D eigenvalue weighted by atomic mass is 9.52. The molecule has 6 rings (SSSR count). The molecule has 2 aromatic carbocycles. The second kappa shape index (κ2) is 11.3. The van der Waals surface area contributed by atoms with Crippen LogP contribution in [0.5, 0.6) is 5.75 Å². The Hall–Kier alpha value is -2.33. The van der Waals surface area contributed by atoms with E-state index in [9.17, 15) is 9.59 Å². The first-order valence-corrected chi connectivity index (χ1v) is 16.5. The fourth-order valence-corrected chi connectivity index (χ4v) is 8.37. The van der Waals surface area contributed by atoms with Crippen molar-refractivity contribution in [2.45, 2.75) is 95.5 Å². The molecule has 1 saturated carbocycles. The van der Waals surface area contributed by atoms with E-state index in [1.807, 2.05) is 43.9 Å². The predicted molar refractivity (Wildman–Crippen MR) is 170 cm³/mol. The molecule has 4 aliphatic rings. The van der Waals surface area contributed by atoms with Gasteiger partial charge in [0.15, 0.2) is 0 Å². The summed E-state index contributed by atoms with van der Waals surface area (Å²) in [7, 11) is 0. The molecule has 226 valence electrons. The van der Waals surface area contributed by atoms with Gasteiger partial charge in [0.1, 0.15) is 23.6 Å². The predicted octanol–water partition coefficient (Wildman–Crippen LogP) is 6.48. The first-order chi connectivity index (χ1) is 20.0. The number of ether oxygens (including phenoxy) is 3. The average Bonchev–Trinajstić information content (AvgIpc) is 3.75. The number of hydrogen-bond donors (Lipinski definition) is 0. The van der Waals surface area contributed by atoms with Gasteiger partial charge in [-0.25, -0.2) is 4.79 Å². The van der Waals surface area contributed by atoms with Crippen LogP contribution in [-0.2, 0) is 32.7 Å². The van der Waals surface area contributed by atoms with Crippen molar-refractivity contribution in [1.29, 1.82) is 0 Å². The van der Waals surface area contributed by atoms with Crippen molar-refractivity contribution in [1.82, 2.24) is 9.80 Å². The lowest BCUT2D eigenvalue weighted by molar-refractivity contribution is -0.196. The zero-order valence-electron chi connectivity index (χ0n) is 25.3. The number of carbonyl (C=O) groups excluding carboxylic acids is 2. The lowest BCUT2D eigenvalue weighted by Crippen LogP contribution is -2.73. The van der Waals surface area contributed by atoms with Crippen LogP contribution in [0.25, 0.3) is 0 Å². The molecule has 2 aromatic rings. The second-order valence-corrected chi connectivity index (χ2v) is 14.8. The molecule has 0 unspecified atom stereocenters. The van der Waals surface area contributed by atoms with Gasteiger partial charge in [-0.15, -0.1) is 0 Å². The van der Waals surface area contributed by atoms with Crippen LogP contribution in [0, 0.1) is 9.49 Å². The van der Waals surface area contributed by atoms with Crippen molar-refractivity contribution < 1.29 is 23.8 Å². The Morgan fingerprint density at radius 1 is 1.02 bits per heavy atom. The van der Waals surface area contributed by atoms with E-state index in [-0.39, 0.29) is 18.1 Å². The number of nitrogens with zero attached hydrogens (tertiary/aromatic N) is 2. The highest BCUT2D eigenvalue weighted by molar-refractivity contribution is 14.1. The van der Waals surface area contributed by atoms with E-state index in [4.69, 9.17) is 14.2 Å². The van der Waals surface area contributed by atoms with E-state index in [1.165, 1.54) is 30.9 Å². The summed E-state index contributed by atoms with van der Waals surface area (Å²) in [6.45, 7) is 10.8. The molecule has 1 amide bonds. The quantitative estimate of drug-likeness (QED) is 0.256. The van der Waals surface area contributed by atoms with E-state index in [2.05, 4.69) is 51.8 Å². The molecule has 2 heterocycles. The van der Waals surface area contributed by atoms with E-state index in [1.54, 1.807) is 0 Å². The molecule has 2 bridgehead atoms. The second-order valence-electron chi connectivity index (χ2n) is 13.7. The summed E-state index contributed by atoms with van der Waals surface area (Å²) < 4.78 is 20.0. The minimum absolute atomic E-state index is 0.0636. The first kappa shape index (κ1) is 29.7. The van der Waals surface area contributed by atoms with Gasteiger partial charge in [0.05, 0.1) is 9.61 Å². The van der Waals surface area contributed by atoms with Gasteiger partial charge in [-0.1, -0.05) is 30.3 Å². The maximum atomic E-state index is 13.3. The maximum absolute atomic E-state index is 13.3. The first-order valence-electron chi connectivity index (χ1n) is 15.4. The zero-order valence-corrected chi connectivity index (χ0v) is 27.4. The summed E-state index contributed by atoms with van der Waals surface area (Å²) in [5.41, 5.74) is 1.91. The van der Waals surface area contributed by atoms with Crippen LogP contribution in [0.1, 0.15) is 76.5 Å². The molecule has 3 fully saturated rings. The van der Waals surface area contributed by atoms with Crippen LogP contribution in [0.15, 0.2) is 42.5 Å². The van der Waals surface area contributed by atoms with Gasteiger partial charge < -0.3 is 19.1 Å². The molecule has 2 aliphatic carbocycles. The van der Waals surface area contributed by atoms with Gasteiger partial charge in [-0.05, 0) is 117 Å². The van der Waals surface area contributed by atoms with Crippen molar-refractivity contribution in [3.63, 3.8) is 0 Å². The van der Waals surface area contributed by atoms with Gasteiger partial charge in [0.25, 0.3) is 0 Å². The fourth-order valence-electron chi connectivity index (χ4n) is 7.68. The van der Waals surface area contributed by atoms with E-state index in [0.29, 0.717) is 32.5 Å². The third-order valence-electron chi connectivity index (χ3n) is 9.67. The Kier molecular flexibility index (Phi) is 8.00. The summed E-state index contributed by atoms with van der Waals surface area (Å²) in [5.74, 6) is 1.33. The summed E-state index contributed by atoms with van der Waals surface area (Å²) in [5, 5.41) is 0. The normalized spacial score (nSPS) is 27.4. The SMILES string of the molecule is CC(=O)O[C@@]12CCN(C(=O)OC(C)(C)C)CC[C@@]13CCN(CC1CC1)[C@@H]2Cc1cc(I)c(OCc2ccccc2)cc13. The third-order valence-corrected chi connectivity index (χ3v) is 10.5. The smallest absolute Gasteiger partial charge is 0.410 e.